The van der Waals surface area contributed by atoms with E-state index in [-0.39, 0.29) is 18.1 Å². The van der Waals surface area contributed by atoms with Crippen molar-refractivity contribution < 1.29 is 14.3 Å². The molecule has 1 saturated carbocycles. The molecule has 1 fully saturated rings. The minimum Gasteiger partial charge on any atom is -0.491 e. The number of nitrogens with two attached hydrogens (primary N) is 1. The Morgan fingerprint density at radius 3 is 2.75 bits per heavy atom. The molecule has 0 bridgehead atoms. The van der Waals surface area contributed by atoms with Gasteiger partial charge in [-0.1, -0.05) is 30.3 Å². The Morgan fingerprint density at radius 1 is 1.22 bits per heavy atom. The number of hydrogen-bond acceptors (Lipinski definition) is 5. The van der Waals surface area contributed by atoms with E-state index in [0.717, 1.165) is 55.5 Å². The standard InChI is InChI=1S/C27H36N2O3/c1-17(8-7-11-20-9-5-4-6-10-20)31-22-15-25-27(26(16-22)32-19(3)30)24-14-21(28)12-13-23(24)18(2)29-25/h4-6,9-10,15-18,21,23-24,29H,7-8,11-14,28H2,1-3H3. The van der Waals surface area contributed by atoms with Gasteiger partial charge in [0.2, 0.25) is 0 Å². The highest BCUT2D eigenvalue weighted by Gasteiger charge is 2.40. The van der Waals surface area contributed by atoms with Crippen molar-refractivity contribution in [3.63, 3.8) is 0 Å². The van der Waals surface area contributed by atoms with Crippen molar-refractivity contribution in [2.45, 2.75) is 83.4 Å². The SMILES string of the molecule is CC(=O)Oc1cc(OC(C)CCCc2ccccc2)cc2c1C1CC(N)CCC1C(C)N2. The summed E-state index contributed by atoms with van der Waals surface area (Å²) in [5.41, 5.74) is 9.78. The molecular weight excluding hydrogens is 400 g/mol. The zero-order valence-electron chi connectivity index (χ0n) is 19.5. The first kappa shape index (κ1) is 22.7. The number of ether oxygens (including phenoxy) is 2. The zero-order chi connectivity index (χ0) is 22.7. The lowest BCUT2D eigenvalue weighted by Gasteiger charge is -2.44. The quantitative estimate of drug-likeness (QED) is 0.447. The highest BCUT2D eigenvalue weighted by Crippen LogP contribution is 2.51. The topological polar surface area (TPSA) is 73.6 Å². The minimum atomic E-state index is -0.310. The molecule has 5 atom stereocenters. The van der Waals surface area contributed by atoms with E-state index < -0.39 is 0 Å². The first-order valence-electron chi connectivity index (χ1n) is 12.0. The molecule has 172 valence electrons. The second kappa shape index (κ2) is 9.95. The van der Waals surface area contributed by atoms with Crippen LogP contribution in [-0.4, -0.2) is 24.2 Å². The monoisotopic (exact) mass is 436 g/mol. The van der Waals surface area contributed by atoms with Crippen molar-refractivity contribution in [1.82, 2.24) is 0 Å². The number of carbonyl (C=O) groups excluding carboxylic acids is 1. The Labute approximate surface area is 191 Å². The van der Waals surface area contributed by atoms with Gasteiger partial charge in [0.25, 0.3) is 0 Å². The second-order valence-corrected chi connectivity index (χ2v) is 9.56. The molecule has 0 saturated heterocycles. The van der Waals surface area contributed by atoms with E-state index in [4.69, 9.17) is 15.2 Å². The summed E-state index contributed by atoms with van der Waals surface area (Å²) in [5, 5.41) is 3.65. The molecule has 2 aromatic carbocycles. The number of benzene rings is 2. The summed E-state index contributed by atoms with van der Waals surface area (Å²) < 4.78 is 12.0. The van der Waals surface area contributed by atoms with E-state index in [0.29, 0.717) is 23.6 Å². The van der Waals surface area contributed by atoms with Crippen molar-refractivity contribution >= 4 is 11.7 Å². The predicted octanol–water partition coefficient (Wildman–Crippen LogP) is 5.43. The maximum atomic E-state index is 11.9. The molecule has 0 radical (unpaired) electrons. The van der Waals surface area contributed by atoms with Crippen LogP contribution in [0.25, 0.3) is 0 Å². The summed E-state index contributed by atoms with van der Waals surface area (Å²) in [6.07, 6.45) is 6.19. The molecule has 2 aliphatic rings. The van der Waals surface area contributed by atoms with Crippen molar-refractivity contribution in [2.24, 2.45) is 11.7 Å². The lowest BCUT2D eigenvalue weighted by Crippen LogP contribution is -2.42. The summed E-state index contributed by atoms with van der Waals surface area (Å²) in [6, 6.07) is 15.0. The molecule has 5 unspecified atom stereocenters. The Bertz CT molecular complexity index is 930. The fourth-order valence-electron chi connectivity index (χ4n) is 5.45. The van der Waals surface area contributed by atoms with Crippen LogP contribution in [0, 0.1) is 5.92 Å². The van der Waals surface area contributed by atoms with Gasteiger partial charge in [-0.25, -0.2) is 0 Å². The van der Waals surface area contributed by atoms with E-state index in [1.54, 1.807) is 0 Å². The number of nitrogens with one attached hydrogen (secondary N) is 1. The summed E-state index contributed by atoms with van der Waals surface area (Å²) in [7, 11) is 0. The third-order valence-corrected chi connectivity index (χ3v) is 6.97. The minimum absolute atomic E-state index is 0.0683. The first-order chi connectivity index (χ1) is 15.4. The number of aryl methyl sites for hydroxylation is 1. The first-order valence-corrected chi connectivity index (χ1v) is 12.0. The molecular formula is C27H36N2O3. The second-order valence-electron chi connectivity index (χ2n) is 9.56. The molecule has 4 rings (SSSR count). The molecule has 1 aliphatic carbocycles. The van der Waals surface area contributed by atoms with Gasteiger partial charge in [-0.15, -0.1) is 0 Å². The van der Waals surface area contributed by atoms with Gasteiger partial charge in [0.1, 0.15) is 11.5 Å². The number of esters is 1. The highest BCUT2D eigenvalue weighted by atomic mass is 16.5. The molecule has 3 N–H and O–H groups in total. The van der Waals surface area contributed by atoms with Crippen molar-refractivity contribution in [1.29, 1.82) is 0 Å². The smallest absolute Gasteiger partial charge is 0.308 e. The molecule has 0 spiro atoms. The van der Waals surface area contributed by atoms with Crippen molar-refractivity contribution in [3.05, 3.63) is 53.6 Å². The Hall–Kier alpha value is -2.53. The van der Waals surface area contributed by atoms with Crippen LogP contribution in [-0.2, 0) is 11.2 Å². The molecule has 32 heavy (non-hydrogen) atoms. The van der Waals surface area contributed by atoms with E-state index >= 15 is 0 Å². The third kappa shape index (κ3) is 5.26. The summed E-state index contributed by atoms with van der Waals surface area (Å²) >= 11 is 0. The molecule has 1 aliphatic heterocycles. The van der Waals surface area contributed by atoms with Crippen LogP contribution >= 0.6 is 0 Å². The van der Waals surface area contributed by atoms with E-state index in [2.05, 4.69) is 49.5 Å². The van der Waals surface area contributed by atoms with Crippen LogP contribution in [0.15, 0.2) is 42.5 Å². The Morgan fingerprint density at radius 2 is 2.00 bits per heavy atom. The van der Waals surface area contributed by atoms with Crippen molar-refractivity contribution in [3.8, 4) is 11.5 Å². The van der Waals surface area contributed by atoms with Crippen LogP contribution < -0.4 is 20.5 Å². The highest BCUT2D eigenvalue weighted by molar-refractivity contribution is 5.73. The fourth-order valence-corrected chi connectivity index (χ4v) is 5.45. The van der Waals surface area contributed by atoms with Crippen LogP contribution in [0.5, 0.6) is 11.5 Å². The summed E-state index contributed by atoms with van der Waals surface area (Å²) in [6.45, 7) is 5.79. The maximum Gasteiger partial charge on any atom is 0.308 e. The van der Waals surface area contributed by atoms with Crippen LogP contribution in [0.3, 0.4) is 0 Å². The fraction of sp³-hybridized carbons (Fsp3) is 0.519. The maximum absolute atomic E-state index is 11.9. The lowest BCUT2D eigenvalue weighted by molar-refractivity contribution is -0.131. The molecule has 2 aromatic rings. The largest absolute Gasteiger partial charge is 0.491 e. The normalized spacial score (nSPS) is 25.1. The van der Waals surface area contributed by atoms with E-state index in [1.807, 2.05) is 12.1 Å². The van der Waals surface area contributed by atoms with Crippen LogP contribution in [0.4, 0.5) is 5.69 Å². The van der Waals surface area contributed by atoms with Gasteiger partial charge in [0, 0.05) is 42.4 Å². The van der Waals surface area contributed by atoms with Gasteiger partial charge < -0.3 is 20.5 Å². The van der Waals surface area contributed by atoms with Gasteiger partial charge in [-0.2, -0.15) is 0 Å². The summed E-state index contributed by atoms with van der Waals surface area (Å²) in [4.78, 5) is 11.9. The predicted molar refractivity (Wildman–Crippen MR) is 128 cm³/mol. The lowest BCUT2D eigenvalue weighted by atomic mass is 9.68. The number of fused-ring (bicyclic) bond motifs is 3. The third-order valence-electron chi connectivity index (χ3n) is 6.97. The van der Waals surface area contributed by atoms with Gasteiger partial charge in [0.15, 0.2) is 0 Å². The average Bonchev–Trinajstić information content (AvgIpc) is 2.73. The number of carbonyl (C=O) groups is 1. The number of hydrogen-bond donors (Lipinski definition) is 2. The van der Waals surface area contributed by atoms with Gasteiger partial charge >= 0.3 is 5.97 Å². The Kier molecular flexibility index (Phi) is 7.04. The summed E-state index contributed by atoms with van der Waals surface area (Å²) in [5.74, 6) is 1.85. The van der Waals surface area contributed by atoms with E-state index in [9.17, 15) is 4.79 Å². The van der Waals surface area contributed by atoms with Crippen molar-refractivity contribution in [2.75, 3.05) is 5.32 Å². The molecule has 0 amide bonds. The molecule has 0 aromatic heterocycles. The van der Waals surface area contributed by atoms with Crippen LogP contribution in [0.2, 0.25) is 0 Å². The van der Waals surface area contributed by atoms with E-state index in [1.165, 1.54) is 12.5 Å². The van der Waals surface area contributed by atoms with Crippen LogP contribution in [0.1, 0.15) is 69.9 Å². The van der Waals surface area contributed by atoms with Gasteiger partial charge in [-0.3, -0.25) is 4.79 Å². The molecule has 5 nitrogen and oxygen atoms in total. The van der Waals surface area contributed by atoms with Gasteiger partial charge in [-0.05, 0) is 69.8 Å². The molecule has 5 heteroatoms. The number of rotatable bonds is 7. The molecule has 1 heterocycles. The zero-order valence-corrected chi connectivity index (χ0v) is 19.5. The Balaban J connectivity index is 1.51. The van der Waals surface area contributed by atoms with Gasteiger partial charge in [0.05, 0.1) is 6.10 Å². The average molecular weight is 437 g/mol. The number of anilines is 1.